The number of carbonyl (C=O) groups excluding carboxylic acids is 1. The first kappa shape index (κ1) is 12.5. The number of amides is 1. The monoisotopic (exact) mass is 223 g/mol. The minimum Gasteiger partial charge on any atom is -0.494 e. The number of aliphatic hydroxyl groups is 1. The molecule has 1 amide bonds. The van der Waals surface area contributed by atoms with Crippen LogP contribution in [0.1, 0.15) is 24.2 Å². The van der Waals surface area contributed by atoms with Crippen molar-refractivity contribution in [1.82, 2.24) is 5.32 Å². The molecule has 0 aliphatic heterocycles. The van der Waals surface area contributed by atoms with E-state index >= 15 is 0 Å². The molecule has 1 aromatic carbocycles. The molecule has 88 valence electrons. The number of rotatable bonds is 5. The molecule has 0 fully saturated rings. The minimum atomic E-state index is -0.536. The summed E-state index contributed by atoms with van der Waals surface area (Å²) in [5, 5.41) is 11.6. The van der Waals surface area contributed by atoms with Crippen LogP contribution in [0.3, 0.4) is 0 Å². The lowest BCUT2D eigenvalue weighted by molar-refractivity contribution is 0.0924. The predicted molar refractivity (Wildman–Crippen MR) is 61.6 cm³/mol. The van der Waals surface area contributed by atoms with E-state index in [4.69, 9.17) is 9.84 Å². The molecule has 1 atom stereocenters. The van der Waals surface area contributed by atoms with Crippen molar-refractivity contribution >= 4 is 5.91 Å². The van der Waals surface area contributed by atoms with Crippen LogP contribution in [0, 0.1) is 0 Å². The number of hydrogen-bond acceptors (Lipinski definition) is 3. The van der Waals surface area contributed by atoms with Crippen molar-refractivity contribution < 1.29 is 14.6 Å². The summed E-state index contributed by atoms with van der Waals surface area (Å²) in [6.07, 6.45) is -0.536. The van der Waals surface area contributed by atoms with E-state index in [0.29, 0.717) is 12.2 Å². The normalized spacial score (nSPS) is 11.9. The topological polar surface area (TPSA) is 58.6 Å². The van der Waals surface area contributed by atoms with Crippen molar-refractivity contribution in [2.45, 2.75) is 20.0 Å². The minimum absolute atomic E-state index is 0.191. The van der Waals surface area contributed by atoms with Gasteiger partial charge in [0.25, 0.3) is 5.91 Å². The van der Waals surface area contributed by atoms with Crippen LogP contribution in [0.4, 0.5) is 0 Å². The van der Waals surface area contributed by atoms with Crippen LogP contribution < -0.4 is 10.1 Å². The maximum atomic E-state index is 11.6. The maximum Gasteiger partial charge on any atom is 0.251 e. The van der Waals surface area contributed by atoms with E-state index in [1.165, 1.54) is 0 Å². The van der Waals surface area contributed by atoms with E-state index in [1.807, 2.05) is 6.92 Å². The van der Waals surface area contributed by atoms with Gasteiger partial charge in [-0.15, -0.1) is 0 Å². The molecule has 0 heterocycles. The average Bonchev–Trinajstić information content (AvgIpc) is 2.27. The van der Waals surface area contributed by atoms with E-state index < -0.39 is 6.10 Å². The zero-order valence-electron chi connectivity index (χ0n) is 9.56. The van der Waals surface area contributed by atoms with Crippen LogP contribution >= 0.6 is 0 Å². The highest BCUT2D eigenvalue weighted by Crippen LogP contribution is 2.11. The van der Waals surface area contributed by atoms with Gasteiger partial charge in [0.1, 0.15) is 5.75 Å². The van der Waals surface area contributed by atoms with Gasteiger partial charge < -0.3 is 15.2 Å². The molecule has 0 saturated carbocycles. The third kappa shape index (κ3) is 3.90. The Morgan fingerprint density at radius 3 is 2.56 bits per heavy atom. The first-order valence-corrected chi connectivity index (χ1v) is 5.32. The molecule has 0 aliphatic carbocycles. The second-order valence-electron chi connectivity index (χ2n) is 3.52. The van der Waals surface area contributed by atoms with Crippen molar-refractivity contribution in [3.63, 3.8) is 0 Å². The Bertz CT molecular complexity index is 333. The Labute approximate surface area is 95.2 Å². The van der Waals surface area contributed by atoms with E-state index in [-0.39, 0.29) is 12.5 Å². The molecule has 0 aliphatic rings. The van der Waals surface area contributed by atoms with Gasteiger partial charge in [0.05, 0.1) is 12.7 Å². The lowest BCUT2D eigenvalue weighted by Gasteiger charge is -2.08. The fraction of sp³-hybridized carbons (Fsp3) is 0.417. The Hall–Kier alpha value is -1.55. The van der Waals surface area contributed by atoms with Crippen molar-refractivity contribution in [1.29, 1.82) is 0 Å². The van der Waals surface area contributed by atoms with Crippen LogP contribution in [-0.4, -0.2) is 30.3 Å². The average molecular weight is 223 g/mol. The van der Waals surface area contributed by atoms with Gasteiger partial charge in [-0.05, 0) is 38.1 Å². The molecule has 0 spiro atoms. The van der Waals surface area contributed by atoms with Crippen LogP contribution in [0.15, 0.2) is 24.3 Å². The van der Waals surface area contributed by atoms with Crippen molar-refractivity contribution in [3.8, 4) is 5.75 Å². The maximum absolute atomic E-state index is 11.6. The molecule has 2 N–H and O–H groups in total. The van der Waals surface area contributed by atoms with Crippen LogP contribution in [-0.2, 0) is 0 Å². The summed E-state index contributed by atoms with van der Waals surface area (Å²) < 4.78 is 5.27. The highest BCUT2D eigenvalue weighted by Gasteiger charge is 2.06. The first-order chi connectivity index (χ1) is 7.63. The van der Waals surface area contributed by atoms with E-state index in [0.717, 1.165) is 5.75 Å². The molecule has 4 nitrogen and oxygen atoms in total. The Morgan fingerprint density at radius 1 is 1.44 bits per heavy atom. The van der Waals surface area contributed by atoms with Gasteiger partial charge in [0.2, 0.25) is 0 Å². The predicted octanol–water partition coefficient (Wildman–Crippen LogP) is 1.20. The zero-order valence-corrected chi connectivity index (χ0v) is 9.56. The first-order valence-electron chi connectivity index (χ1n) is 5.32. The fourth-order valence-corrected chi connectivity index (χ4v) is 1.21. The molecule has 0 unspecified atom stereocenters. The standard InChI is InChI=1S/C12H17NO3/c1-3-16-11-6-4-10(5-7-11)12(15)13-8-9(2)14/h4-7,9,14H,3,8H2,1-2H3,(H,13,15)/t9-/m0/s1. The van der Waals surface area contributed by atoms with E-state index in [9.17, 15) is 4.79 Å². The molecule has 0 bridgehead atoms. The Kier molecular flexibility index (Phi) is 4.79. The van der Waals surface area contributed by atoms with E-state index in [1.54, 1.807) is 31.2 Å². The molecule has 1 rings (SSSR count). The van der Waals surface area contributed by atoms with Crippen LogP contribution in [0.2, 0.25) is 0 Å². The number of nitrogens with one attached hydrogen (secondary N) is 1. The SMILES string of the molecule is CCOc1ccc(C(=O)NC[C@H](C)O)cc1. The summed E-state index contributed by atoms with van der Waals surface area (Å²) in [5.74, 6) is 0.554. The fourth-order valence-electron chi connectivity index (χ4n) is 1.21. The quantitative estimate of drug-likeness (QED) is 0.788. The second-order valence-corrected chi connectivity index (χ2v) is 3.52. The lowest BCUT2D eigenvalue weighted by atomic mass is 10.2. The molecule has 4 heteroatoms. The molecule has 0 radical (unpaired) electrons. The highest BCUT2D eigenvalue weighted by atomic mass is 16.5. The number of hydrogen-bond donors (Lipinski definition) is 2. The largest absolute Gasteiger partial charge is 0.494 e. The highest BCUT2D eigenvalue weighted by molar-refractivity contribution is 5.94. The van der Waals surface area contributed by atoms with Gasteiger partial charge in [-0.1, -0.05) is 0 Å². The molecule has 0 saturated heterocycles. The third-order valence-electron chi connectivity index (χ3n) is 1.99. The van der Waals surface area contributed by atoms with Crippen molar-refractivity contribution in [2.24, 2.45) is 0 Å². The summed E-state index contributed by atoms with van der Waals surface area (Å²) in [4.78, 5) is 11.6. The molecular formula is C12H17NO3. The third-order valence-corrected chi connectivity index (χ3v) is 1.99. The number of ether oxygens (including phenoxy) is 1. The van der Waals surface area contributed by atoms with Gasteiger partial charge >= 0.3 is 0 Å². The smallest absolute Gasteiger partial charge is 0.251 e. The summed E-state index contributed by atoms with van der Waals surface area (Å²) in [6.45, 7) is 4.39. The van der Waals surface area contributed by atoms with Crippen molar-refractivity contribution in [3.05, 3.63) is 29.8 Å². The van der Waals surface area contributed by atoms with Gasteiger partial charge in [-0.25, -0.2) is 0 Å². The molecule has 1 aromatic rings. The number of benzene rings is 1. The Balaban J connectivity index is 2.56. The molecule has 16 heavy (non-hydrogen) atoms. The van der Waals surface area contributed by atoms with Gasteiger partial charge in [-0.3, -0.25) is 4.79 Å². The lowest BCUT2D eigenvalue weighted by Crippen LogP contribution is -2.30. The van der Waals surface area contributed by atoms with Gasteiger partial charge in [0, 0.05) is 12.1 Å². The molecule has 0 aromatic heterocycles. The zero-order chi connectivity index (χ0) is 12.0. The summed E-state index contributed by atoms with van der Waals surface area (Å²) >= 11 is 0. The summed E-state index contributed by atoms with van der Waals surface area (Å²) in [5.41, 5.74) is 0.559. The summed E-state index contributed by atoms with van der Waals surface area (Å²) in [6, 6.07) is 6.90. The van der Waals surface area contributed by atoms with Crippen LogP contribution in [0.25, 0.3) is 0 Å². The molecular weight excluding hydrogens is 206 g/mol. The van der Waals surface area contributed by atoms with Crippen molar-refractivity contribution in [2.75, 3.05) is 13.2 Å². The van der Waals surface area contributed by atoms with Gasteiger partial charge in [0.15, 0.2) is 0 Å². The second kappa shape index (κ2) is 6.12. The number of carbonyl (C=O) groups is 1. The summed E-state index contributed by atoms with van der Waals surface area (Å²) in [7, 11) is 0. The van der Waals surface area contributed by atoms with E-state index in [2.05, 4.69) is 5.32 Å². The van der Waals surface area contributed by atoms with Gasteiger partial charge in [-0.2, -0.15) is 0 Å². The number of aliphatic hydroxyl groups excluding tert-OH is 1. The Morgan fingerprint density at radius 2 is 2.06 bits per heavy atom. The van der Waals surface area contributed by atoms with Crippen LogP contribution in [0.5, 0.6) is 5.75 Å².